The summed E-state index contributed by atoms with van der Waals surface area (Å²) in [5.41, 5.74) is 0.760. The molecule has 1 saturated heterocycles. The van der Waals surface area contributed by atoms with E-state index >= 15 is 0 Å². The summed E-state index contributed by atoms with van der Waals surface area (Å²) in [6.45, 7) is 7.53. The van der Waals surface area contributed by atoms with Crippen molar-refractivity contribution in [2.45, 2.75) is 39.2 Å². The highest BCUT2D eigenvalue weighted by molar-refractivity contribution is 6.04. The second-order valence-electron chi connectivity index (χ2n) is 6.76. The van der Waals surface area contributed by atoms with E-state index in [4.69, 9.17) is 0 Å². The number of anilines is 1. The number of hydrogen-bond acceptors (Lipinski definition) is 3. The van der Waals surface area contributed by atoms with E-state index in [1.807, 2.05) is 26.8 Å². The molecule has 1 aromatic rings. The summed E-state index contributed by atoms with van der Waals surface area (Å²) in [6.07, 6.45) is 1.67. The number of para-hydroxylation sites is 1. The first-order valence-electron chi connectivity index (χ1n) is 7.80. The minimum absolute atomic E-state index is 0.00231. The number of piperidine rings is 1. The number of nitrogens with one attached hydrogen (secondary N) is 3. The van der Waals surface area contributed by atoms with Crippen LogP contribution in [0.25, 0.3) is 0 Å². The molecule has 0 bridgehead atoms. The topological polar surface area (TPSA) is 70.2 Å². The molecule has 5 nitrogen and oxygen atoms in total. The summed E-state index contributed by atoms with van der Waals surface area (Å²) in [5, 5.41) is 9.09. The number of hydrogen-bond donors (Lipinski definition) is 3. The Kier molecular flexibility index (Phi) is 5.19. The van der Waals surface area contributed by atoms with Gasteiger partial charge in [-0.3, -0.25) is 9.59 Å². The molecule has 0 saturated carbocycles. The van der Waals surface area contributed by atoms with E-state index in [0.717, 1.165) is 25.9 Å². The summed E-state index contributed by atoms with van der Waals surface area (Å²) in [7, 11) is 0. The smallest absolute Gasteiger partial charge is 0.253 e. The third-order valence-corrected chi connectivity index (χ3v) is 3.63. The minimum Gasteiger partial charge on any atom is -0.347 e. The summed E-state index contributed by atoms with van der Waals surface area (Å²) >= 11 is 0. The molecule has 0 radical (unpaired) electrons. The molecular formula is C17H25N3O2. The number of benzene rings is 1. The number of carbonyl (C=O) groups excluding carboxylic acids is 2. The maximum atomic E-state index is 12.4. The first-order valence-corrected chi connectivity index (χ1v) is 7.80. The average Bonchev–Trinajstić information content (AvgIpc) is 2.47. The Hall–Kier alpha value is -1.88. The van der Waals surface area contributed by atoms with Gasteiger partial charge in [-0.25, -0.2) is 0 Å². The molecule has 0 aliphatic carbocycles. The molecule has 2 rings (SSSR count). The first-order chi connectivity index (χ1) is 10.4. The molecule has 1 aliphatic heterocycles. The summed E-state index contributed by atoms with van der Waals surface area (Å²) in [6, 6.07) is 7.14. The molecular weight excluding hydrogens is 278 g/mol. The van der Waals surface area contributed by atoms with Crippen molar-refractivity contribution in [3.8, 4) is 0 Å². The van der Waals surface area contributed by atoms with E-state index in [0.29, 0.717) is 11.3 Å². The number of rotatable bonds is 3. The van der Waals surface area contributed by atoms with Crippen LogP contribution in [0.2, 0.25) is 0 Å². The molecule has 2 amide bonds. The van der Waals surface area contributed by atoms with Gasteiger partial charge in [-0.15, -0.1) is 0 Å². The number of carbonyl (C=O) groups is 2. The fourth-order valence-electron chi connectivity index (χ4n) is 2.52. The van der Waals surface area contributed by atoms with Crippen molar-refractivity contribution in [3.05, 3.63) is 29.8 Å². The molecule has 120 valence electrons. The fourth-order valence-corrected chi connectivity index (χ4v) is 2.52. The minimum atomic E-state index is -0.316. The van der Waals surface area contributed by atoms with Crippen LogP contribution in [0.15, 0.2) is 24.3 Å². The van der Waals surface area contributed by atoms with Gasteiger partial charge in [0.15, 0.2) is 0 Å². The van der Waals surface area contributed by atoms with Crippen molar-refractivity contribution in [2.75, 3.05) is 18.4 Å². The van der Waals surface area contributed by atoms with E-state index in [9.17, 15) is 9.59 Å². The lowest BCUT2D eigenvalue weighted by Crippen LogP contribution is -2.41. The van der Waals surface area contributed by atoms with Crippen molar-refractivity contribution in [1.82, 2.24) is 10.6 Å². The predicted octanol–water partition coefficient (Wildman–Crippen LogP) is 2.15. The Morgan fingerprint density at radius 1 is 1.14 bits per heavy atom. The Balaban J connectivity index is 2.10. The van der Waals surface area contributed by atoms with Gasteiger partial charge in [0.1, 0.15) is 0 Å². The van der Waals surface area contributed by atoms with Gasteiger partial charge in [0.2, 0.25) is 5.91 Å². The normalized spacial score (nSPS) is 16.1. The monoisotopic (exact) mass is 303 g/mol. The van der Waals surface area contributed by atoms with Gasteiger partial charge in [0.25, 0.3) is 5.91 Å². The van der Waals surface area contributed by atoms with Crippen LogP contribution in [0.1, 0.15) is 44.0 Å². The zero-order chi connectivity index (χ0) is 16.2. The molecule has 5 heteroatoms. The molecule has 0 unspecified atom stereocenters. The van der Waals surface area contributed by atoms with Crippen LogP contribution in [-0.4, -0.2) is 30.4 Å². The van der Waals surface area contributed by atoms with E-state index in [-0.39, 0.29) is 23.3 Å². The Bertz CT molecular complexity index is 543. The predicted molar refractivity (Wildman–Crippen MR) is 87.9 cm³/mol. The van der Waals surface area contributed by atoms with Gasteiger partial charge >= 0.3 is 0 Å². The summed E-state index contributed by atoms with van der Waals surface area (Å²) in [5.74, 6) is -0.161. The van der Waals surface area contributed by atoms with Crippen LogP contribution in [-0.2, 0) is 4.79 Å². The molecule has 3 N–H and O–H groups in total. The lowest BCUT2D eigenvalue weighted by atomic mass is 9.97. The third-order valence-electron chi connectivity index (χ3n) is 3.63. The van der Waals surface area contributed by atoms with Gasteiger partial charge < -0.3 is 16.0 Å². The molecule has 1 aliphatic rings. The maximum absolute atomic E-state index is 12.4. The van der Waals surface area contributed by atoms with E-state index in [1.165, 1.54) is 0 Å². The van der Waals surface area contributed by atoms with Crippen LogP contribution in [0.3, 0.4) is 0 Å². The quantitative estimate of drug-likeness (QED) is 0.801. The average molecular weight is 303 g/mol. The van der Waals surface area contributed by atoms with Crippen LogP contribution in [0.5, 0.6) is 0 Å². The molecule has 1 heterocycles. The highest BCUT2D eigenvalue weighted by Gasteiger charge is 2.23. The zero-order valence-electron chi connectivity index (χ0n) is 13.5. The van der Waals surface area contributed by atoms with Crippen LogP contribution in [0.4, 0.5) is 5.69 Å². The fraction of sp³-hybridized carbons (Fsp3) is 0.529. The summed E-state index contributed by atoms with van der Waals surface area (Å²) in [4.78, 5) is 24.7. The maximum Gasteiger partial charge on any atom is 0.253 e. The van der Waals surface area contributed by atoms with Crippen molar-refractivity contribution in [2.24, 2.45) is 5.92 Å². The first kappa shape index (κ1) is 16.5. The van der Waals surface area contributed by atoms with Gasteiger partial charge in [-0.1, -0.05) is 12.1 Å². The van der Waals surface area contributed by atoms with E-state index in [1.54, 1.807) is 18.2 Å². The second-order valence-corrected chi connectivity index (χ2v) is 6.76. The van der Waals surface area contributed by atoms with Gasteiger partial charge in [0, 0.05) is 11.5 Å². The van der Waals surface area contributed by atoms with Gasteiger partial charge in [-0.2, -0.15) is 0 Å². The molecule has 0 aromatic heterocycles. The van der Waals surface area contributed by atoms with E-state index in [2.05, 4.69) is 16.0 Å². The van der Waals surface area contributed by atoms with Crippen molar-refractivity contribution >= 4 is 17.5 Å². The highest BCUT2D eigenvalue weighted by atomic mass is 16.2. The van der Waals surface area contributed by atoms with Gasteiger partial charge in [-0.05, 0) is 58.8 Å². The summed E-state index contributed by atoms with van der Waals surface area (Å²) < 4.78 is 0. The zero-order valence-corrected chi connectivity index (χ0v) is 13.5. The number of amides is 2. The Morgan fingerprint density at radius 3 is 2.41 bits per heavy atom. The van der Waals surface area contributed by atoms with Crippen molar-refractivity contribution in [1.29, 1.82) is 0 Å². The lowest BCUT2D eigenvalue weighted by molar-refractivity contribution is -0.120. The molecule has 1 aromatic carbocycles. The van der Waals surface area contributed by atoms with Crippen LogP contribution < -0.4 is 16.0 Å². The van der Waals surface area contributed by atoms with E-state index < -0.39 is 0 Å². The molecule has 0 atom stereocenters. The standard InChI is InChI=1S/C17H25N3O2/c1-17(2,3)20-16(22)13-6-4-5-7-14(13)19-15(21)12-8-10-18-11-9-12/h4-7,12,18H,8-11H2,1-3H3,(H,19,21)(H,20,22). The second kappa shape index (κ2) is 6.92. The largest absolute Gasteiger partial charge is 0.347 e. The van der Waals surface area contributed by atoms with Crippen LogP contribution >= 0.6 is 0 Å². The molecule has 1 fully saturated rings. The highest BCUT2D eigenvalue weighted by Crippen LogP contribution is 2.19. The SMILES string of the molecule is CC(C)(C)NC(=O)c1ccccc1NC(=O)C1CCNCC1. The molecule has 0 spiro atoms. The van der Waals surface area contributed by atoms with Crippen LogP contribution in [0, 0.1) is 5.92 Å². The lowest BCUT2D eigenvalue weighted by Gasteiger charge is -2.23. The van der Waals surface area contributed by atoms with Gasteiger partial charge in [0.05, 0.1) is 11.3 Å². The van der Waals surface area contributed by atoms with Crippen molar-refractivity contribution < 1.29 is 9.59 Å². The Morgan fingerprint density at radius 2 is 1.77 bits per heavy atom. The Labute approximate surface area is 131 Å². The van der Waals surface area contributed by atoms with Crippen molar-refractivity contribution in [3.63, 3.8) is 0 Å². The third kappa shape index (κ3) is 4.56. The molecule has 22 heavy (non-hydrogen) atoms.